The standard InChI is InChI=1S/C19H25BrN2O2/c20-17-6-15(18(23)22-24)1-2-16(17)10-21-11-19-7-12-3-13(8-19)5-14(4-12)9-19/h1-2,6,12-14,21,24H,3-5,7-11H2,(H,22,23). The van der Waals surface area contributed by atoms with Crippen LogP contribution in [0.5, 0.6) is 0 Å². The zero-order valence-electron chi connectivity index (χ0n) is 13.9. The number of benzene rings is 1. The highest BCUT2D eigenvalue weighted by molar-refractivity contribution is 9.10. The van der Waals surface area contributed by atoms with Gasteiger partial charge in [0.15, 0.2) is 0 Å². The molecule has 4 aliphatic carbocycles. The average molecular weight is 393 g/mol. The molecule has 0 heterocycles. The van der Waals surface area contributed by atoms with E-state index in [9.17, 15) is 4.79 Å². The van der Waals surface area contributed by atoms with Crippen molar-refractivity contribution >= 4 is 21.8 Å². The maximum atomic E-state index is 11.5. The van der Waals surface area contributed by atoms with E-state index in [0.717, 1.165) is 40.9 Å². The van der Waals surface area contributed by atoms with E-state index in [1.807, 2.05) is 6.07 Å². The molecule has 4 bridgehead atoms. The Balaban J connectivity index is 1.37. The third-order valence-electron chi connectivity index (χ3n) is 6.40. The minimum absolute atomic E-state index is 0.453. The topological polar surface area (TPSA) is 61.4 Å². The smallest absolute Gasteiger partial charge is 0.274 e. The van der Waals surface area contributed by atoms with Crippen LogP contribution in [0.25, 0.3) is 0 Å². The van der Waals surface area contributed by atoms with Gasteiger partial charge in [0.1, 0.15) is 0 Å². The van der Waals surface area contributed by atoms with Crippen LogP contribution in [0.15, 0.2) is 22.7 Å². The zero-order valence-corrected chi connectivity index (χ0v) is 15.4. The molecule has 4 fully saturated rings. The third-order valence-corrected chi connectivity index (χ3v) is 7.14. The van der Waals surface area contributed by atoms with Crippen LogP contribution in [-0.4, -0.2) is 17.7 Å². The second-order valence-electron chi connectivity index (χ2n) is 8.27. The van der Waals surface area contributed by atoms with Gasteiger partial charge >= 0.3 is 0 Å². The molecule has 130 valence electrons. The molecule has 0 aliphatic heterocycles. The summed E-state index contributed by atoms with van der Waals surface area (Å²) in [7, 11) is 0. The Bertz CT molecular complexity index is 611. The van der Waals surface area contributed by atoms with Crippen LogP contribution in [0, 0.1) is 23.2 Å². The lowest BCUT2D eigenvalue weighted by molar-refractivity contribution is -0.0514. The number of carbonyl (C=O) groups is 1. The van der Waals surface area contributed by atoms with E-state index in [4.69, 9.17) is 5.21 Å². The Hall–Kier alpha value is -0.910. The quantitative estimate of drug-likeness (QED) is 0.526. The maximum absolute atomic E-state index is 11.5. The van der Waals surface area contributed by atoms with Crippen LogP contribution < -0.4 is 10.8 Å². The van der Waals surface area contributed by atoms with Gasteiger partial charge in [0.2, 0.25) is 0 Å². The lowest BCUT2D eigenvalue weighted by atomic mass is 9.49. The van der Waals surface area contributed by atoms with E-state index in [-0.39, 0.29) is 0 Å². The molecular weight excluding hydrogens is 368 g/mol. The van der Waals surface area contributed by atoms with Crippen molar-refractivity contribution in [2.75, 3.05) is 6.54 Å². The molecule has 5 heteroatoms. The first kappa shape index (κ1) is 16.6. The molecule has 0 radical (unpaired) electrons. The fourth-order valence-electron chi connectivity index (χ4n) is 5.87. The maximum Gasteiger partial charge on any atom is 0.274 e. The van der Waals surface area contributed by atoms with Crippen LogP contribution in [0.3, 0.4) is 0 Å². The van der Waals surface area contributed by atoms with E-state index in [1.165, 1.54) is 38.5 Å². The monoisotopic (exact) mass is 392 g/mol. The number of hydrogen-bond donors (Lipinski definition) is 3. The van der Waals surface area contributed by atoms with Crippen molar-refractivity contribution < 1.29 is 10.0 Å². The van der Waals surface area contributed by atoms with Crippen LogP contribution >= 0.6 is 15.9 Å². The van der Waals surface area contributed by atoms with Gasteiger partial charge in [-0.2, -0.15) is 0 Å². The number of nitrogens with one attached hydrogen (secondary N) is 2. The van der Waals surface area contributed by atoms with Gasteiger partial charge in [-0.25, -0.2) is 5.48 Å². The average Bonchev–Trinajstić information content (AvgIpc) is 2.54. The van der Waals surface area contributed by atoms with E-state index < -0.39 is 5.91 Å². The summed E-state index contributed by atoms with van der Waals surface area (Å²) in [6.07, 6.45) is 8.71. The predicted octanol–water partition coefficient (Wildman–Crippen LogP) is 3.87. The molecule has 4 nitrogen and oxygen atoms in total. The van der Waals surface area contributed by atoms with Gasteiger partial charge in [0, 0.05) is 23.1 Å². The Morgan fingerprint density at radius 3 is 2.33 bits per heavy atom. The van der Waals surface area contributed by atoms with Crippen LogP contribution in [-0.2, 0) is 6.54 Å². The molecule has 0 atom stereocenters. The van der Waals surface area contributed by atoms with Crippen LogP contribution in [0.2, 0.25) is 0 Å². The fourth-order valence-corrected chi connectivity index (χ4v) is 6.38. The van der Waals surface area contributed by atoms with Crippen molar-refractivity contribution in [2.45, 2.75) is 45.1 Å². The molecule has 24 heavy (non-hydrogen) atoms. The van der Waals surface area contributed by atoms with Crippen molar-refractivity contribution in [3.63, 3.8) is 0 Å². The first-order valence-corrected chi connectivity index (χ1v) is 9.80. The van der Waals surface area contributed by atoms with Gasteiger partial charge in [-0.05, 0) is 79.4 Å². The number of amides is 1. The Kier molecular flexibility index (Phi) is 4.43. The number of halogens is 1. The molecule has 1 aromatic carbocycles. The largest absolute Gasteiger partial charge is 0.312 e. The molecule has 4 saturated carbocycles. The summed E-state index contributed by atoms with van der Waals surface area (Å²) in [5.41, 5.74) is 3.81. The number of hydrogen-bond acceptors (Lipinski definition) is 3. The molecule has 1 amide bonds. The SMILES string of the molecule is O=C(NO)c1ccc(CNCC23CC4CC(CC(C4)C2)C3)c(Br)c1. The molecule has 0 unspecified atom stereocenters. The molecule has 3 N–H and O–H groups in total. The Morgan fingerprint density at radius 2 is 1.79 bits per heavy atom. The minimum Gasteiger partial charge on any atom is -0.312 e. The van der Waals surface area contributed by atoms with Crippen molar-refractivity contribution in [1.82, 2.24) is 10.8 Å². The normalized spacial score (nSPS) is 33.7. The Morgan fingerprint density at radius 1 is 1.17 bits per heavy atom. The fraction of sp³-hybridized carbons (Fsp3) is 0.632. The van der Waals surface area contributed by atoms with Gasteiger partial charge in [-0.1, -0.05) is 22.0 Å². The first-order valence-electron chi connectivity index (χ1n) is 9.00. The molecule has 0 saturated heterocycles. The summed E-state index contributed by atoms with van der Waals surface area (Å²) >= 11 is 3.54. The third kappa shape index (κ3) is 3.14. The molecule has 4 aliphatic rings. The summed E-state index contributed by atoms with van der Waals surface area (Å²) < 4.78 is 0.904. The van der Waals surface area contributed by atoms with E-state index in [1.54, 1.807) is 17.6 Å². The summed E-state index contributed by atoms with van der Waals surface area (Å²) in [5, 5.41) is 12.4. The number of hydroxylamine groups is 1. The van der Waals surface area contributed by atoms with E-state index in [0.29, 0.717) is 11.0 Å². The molecule has 1 aromatic rings. The second kappa shape index (κ2) is 6.43. The van der Waals surface area contributed by atoms with Crippen LogP contribution in [0.1, 0.15) is 54.4 Å². The Labute approximate surface area is 151 Å². The summed E-state index contributed by atoms with van der Waals surface area (Å²) in [4.78, 5) is 11.5. The summed E-state index contributed by atoms with van der Waals surface area (Å²) in [5.74, 6) is 2.48. The summed E-state index contributed by atoms with van der Waals surface area (Å²) in [6.45, 7) is 1.92. The predicted molar refractivity (Wildman–Crippen MR) is 95.7 cm³/mol. The highest BCUT2D eigenvalue weighted by Gasteiger charge is 2.50. The highest BCUT2D eigenvalue weighted by atomic mass is 79.9. The second-order valence-corrected chi connectivity index (χ2v) is 9.12. The van der Waals surface area contributed by atoms with Gasteiger partial charge < -0.3 is 5.32 Å². The van der Waals surface area contributed by atoms with Gasteiger partial charge in [-0.3, -0.25) is 10.0 Å². The van der Waals surface area contributed by atoms with Gasteiger partial charge in [0.25, 0.3) is 5.91 Å². The lowest BCUT2D eigenvalue weighted by Crippen LogP contribution is -2.50. The van der Waals surface area contributed by atoms with Gasteiger partial charge in [0.05, 0.1) is 0 Å². The number of carbonyl (C=O) groups excluding carboxylic acids is 1. The van der Waals surface area contributed by atoms with Crippen molar-refractivity contribution in [3.8, 4) is 0 Å². The first-order chi connectivity index (χ1) is 11.6. The molecule has 0 spiro atoms. The highest BCUT2D eigenvalue weighted by Crippen LogP contribution is 2.59. The molecule has 5 rings (SSSR count). The lowest BCUT2D eigenvalue weighted by Gasteiger charge is -2.57. The minimum atomic E-state index is -0.483. The van der Waals surface area contributed by atoms with E-state index >= 15 is 0 Å². The van der Waals surface area contributed by atoms with Gasteiger partial charge in [-0.15, -0.1) is 0 Å². The van der Waals surface area contributed by atoms with E-state index in [2.05, 4.69) is 21.2 Å². The van der Waals surface area contributed by atoms with Crippen molar-refractivity contribution in [3.05, 3.63) is 33.8 Å². The van der Waals surface area contributed by atoms with Crippen molar-refractivity contribution in [1.29, 1.82) is 0 Å². The summed E-state index contributed by atoms with van der Waals surface area (Å²) in [6, 6.07) is 5.45. The molecular formula is C19H25BrN2O2. The number of rotatable bonds is 5. The van der Waals surface area contributed by atoms with Crippen molar-refractivity contribution in [2.24, 2.45) is 23.2 Å². The molecule has 0 aromatic heterocycles. The zero-order chi connectivity index (χ0) is 16.7. The van der Waals surface area contributed by atoms with Crippen LogP contribution in [0.4, 0.5) is 0 Å².